The number of sulfonamides is 1. The van der Waals surface area contributed by atoms with Crippen LogP contribution in [0.1, 0.15) is 0 Å². The van der Waals surface area contributed by atoms with Gasteiger partial charge >= 0.3 is 11.7 Å². The average Bonchev–Trinajstić information content (AvgIpc) is 2.79. The molecule has 0 saturated heterocycles. The number of urea groups is 1. The fourth-order valence-corrected chi connectivity index (χ4v) is 3.61. The van der Waals surface area contributed by atoms with Crippen molar-refractivity contribution >= 4 is 38.1 Å². The lowest BCUT2D eigenvalue weighted by Crippen LogP contribution is -2.37. The minimum atomic E-state index is -3.87. The van der Waals surface area contributed by atoms with Crippen molar-refractivity contribution in [3.8, 4) is 0 Å². The SMILES string of the molecule is CNc1sc(S(=O)(=O)NCCNC(N)=O)cc1[N+](=O)[O-]. The molecule has 10 nitrogen and oxygen atoms in total. The number of nitrogens with two attached hydrogens (primary N) is 1. The van der Waals surface area contributed by atoms with Gasteiger partial charge in [0, 0.05) is 26.2 Å². The number of nitro groups is 1. The van der Waals surface area contributed by atoms with E-state index in [1.165, 1.54) is 7.05 Å². The highest BCUT2D eigenvalue weighted by atomic mass is 32.2. The van der Waals surface area contributed by atoms with Gasteiger partial charge in [-0.15, -0.1) is 0 Å². The van der Waals surface area contributed by atoms with Crippen molar-refractivity contribution in [1.82, 2.24) is 10.0 Å². The highest BCUT2D eigenvalue weighted by molar-refractivity contribution is 7.91. The number of carbonyl (C=O) groups excluding carboxylic acids is 1. The van der Waals surface area contributed by atoms with Gasteiger partial charge in [-0.1, -0.05) is 11.3 Å². The van der Waals surface area contributed by atoms with Crippen LogP contribution >= 0.6 is 11.3 Å². The van der Waals surface area contributed by atoms with E-state index in [1.54, 1.807) is 0 Å². The molecule has 0 fully saturated rings. The molecule has 5 N–H and O–H groups in total. The highest BCUT2D eigenvalue weighted by Gasteiger charge is 2.25. The van der Waals surface area contributed by atoms with E-state index in [2.05, 4.69) is 15.4 Å². The number of rotatable bonds is 7. The Hall–Kier alpha value is -1.92. The van der Waals surface area contributed by atoms with Crippen molar-refractivity contribution in [2.45, 2.75) is 4.21 Å². The van der Waals surface area contributed by atoms with Gasteiger partial charge in [0.05, 0.1) is 4.92 Å². The maximum atomic E-state index is 11.9. The van der Waals surface area contributed by atoms with E-state index in [9.17, 15) is 23.3 Å². The second-order valence-electron chi connectivity index (χ2n) is 3.48. The molecular formula is C8H13N5O5S2. The predicted octanol–water partition coefficient (Wildman–Crippen LogP) is -0.355. The molecule has 0 atom stereocenters. The summed E-state index contributed by atoms with van der Waals surface area (Å²) in [6.45, 7) is -0.0627. The van der Waals surface area contributed by atoms with Crippen LogP contribution in [0, 0.1) is 10.1 Å². The molecule has 1 aromatic heterocycles. The van der Waals surface area contributed by atoms with E-state index in [0.29, 0.717) is 0 Å². The summed E-state index contributed by atoms with van der Waals surface area (Å²) in [6.07, 6.45) is 0. The molecule has 0 aromatic carbocycles. The van der Waals surface area contributed by atoms with E-state index in [-0.39, 0.29) is 28.0 Å². The third kappa shape index (κ3) is 4.04. The molecule has 0 bridgehead atoms. The fourth-order valence-electron chi connectivity index (χ4n) is 1.25. The maximum absolute atomic E-state index is 11.9. The van der Waals surface area contributed by atoms with Crippen LogP contribution in [0.3, 0.4) is 0 Å². The van der Waals surface area contributed by atoms with Gasteiger partial charge in [0.1, 0.15) is 4.21 Å². The molecule has 12 heteroatoms. The average molecular weight is 323 g/mol. The standard InChI is InChI=1S/C8H13N5O5S2/c1-10-7-5(13(15)16)4-6(19-7)20(17,18)12-3-2-11-8(9)14/h4,10,12H,2-3H2,1H3,(H3,9,11,14). The first-order chi connectivity index (χ1) is 9.27. The zero-order valence-corrected chi connectivity index (χ0v) is 12.0. The molecule has 2 amide bonds. The Bertz CT molecular complexity index is 611. The summed E-state index contributed by atoms with van der Waals surface area (Å²) < 4.78 is 25.8. The number of nitrogens with zero attached hydrogens (tertiary/aromatic N) is 1. The molecule has 1 aromatic rings. The first-order valence-electron chi connectivity index (χ1n) is 5.27. The predicted molar refractivity (Wildman–Crippen MR) is 73.3 cm³/mol. The van der Waals surface area contributed by atoms with E-state index < -0.39 is 21.0 Å². The molecule has 112 valence electrons. The lowest BCUT2D eigenvalue weighted by Gasteiger charge is -2.04. The van der Waals surface area contributed by atoms with Crippen molar-refractivity contribution in [3.05, 3.63) is 16.2 Å². The Morgan fingerprint density at radius 2 is 2.15 bits per heavy atom. The number of primary amides is 1. The van der Waals surface area contributed by atoms with Crippen LogP contribution in [0.4, 0.5) is 15.5 Å². The van der Waals surface area contributed by atoms with Gasteiger partial charge < -0.3 is 16.4 Å². The van der Waals surface area contributed by atoms with Gasteiger partial charge in [-0.2, -0.15) is 0 Å². The lowest BCUT2D eigenvalue weighted by molar-refractivity contribution is -0.383. The first kappa shape index (κ1) is 16.1. The Kier molecular flexibility index (Phi) is 5.24. The summed E-state index contributed by atoms with van der Waals surface area (Å²) in [5.74, 6) is 0. The van der Waals surface area contributed by atoms with Crippen LogP contribution in [0.15, 0.2) is 10.3 Å². The van der Waals surface area contributed by atoms with Gasteiger partial charge in [0.25, 0.3) is 0 Å². The molecule has 0 aliphatic carbocycles. The molecule has 0 saturated carbocycles. The molecule has 0 radical (unpaired) electrons. The maximum Gasteiger partial charge on any atom is 0.312 e. The molecular weight excluding hydrogens is 310 g/mol. The number of amides is 2. The van der Waals surface area contributed by atoms with Gasteiger partial charge in [-0.05, 0) is 0 Å². The van der Waals surface area contributed by atoms with Crippen LogP contribution in [0.25, 0.3) is 0 Å². The number of carbonyl (C=O) groups is 1. The smallest absolute Gasteiger partial charge is 0.312 e. The van der Waals surface area contributed by atoms with E-state index in [4.69, 9.17) is 5.73 Å². The summed E-state index contributed by atoms with van der Waals surface area (Å²) in [5.41, 5.74) is 4.51. The van der Waals surface area contributed by atoms with E-state index in [1.807, 2.05) is 0 Å². The number of nitrogens with one attached hydrogen (secondary N) is 3. The molecule has 0 aliphatic rings. The third-order valence-corrected chi connectivity index (χ3v) is 5.17. The number of thiophene rings is 1. The topological polar surface area (TPSA) is 156 Å². The lowest BCUT2D eigenvalue weighted by atomic mass is 10.5. The van der Waals surface area contributed by atoms with Crippen molar-refractivity contribution in [1.29, 1.82) is 0 Å². The van der Waals surface area contributed by atoms with E-state index in [0.717, 1.165) is 17.4 Å². The highest BCUT2D eigenvalue weighted by Crippen LogP contribution is 2.36. The van der Waals surface area contributed by atoms with Crippen LogP contribution in [-0.4, -0.2) is 39.5 Å². The molecule has 20 heavy (non-hydrogen) atoms. The molecule has 0 spiro atoms. The van der Waals surface area contributed by atoms with Gasteiger partial charge in [0.15, 0.2) is 5.00 Å². The van der Waals surface area contributed by atoms with Crippen molar-refractivity contribution in [2.75, 3.05) is 25.5 Å². The molecule has 1 heterocycles. The normalized spacial score (nSPS) is 11.1. The van der Waals surface area contributed by atoms with E-state index >= 15 is 0 Å². The van der Waals surface area contributed by atoms with Gasteiger partial charge in [-0.3, -0.25) is 10.1 Å². The zero-order valence-electron chi connectivity index (χ0n) is 10.4. The van der Waals surface area contributed by atoms with Crippen molar-refractivity contribution in [3.63, 3.8) is 0 Å². The minimum absolute atomic E-state index is 0.0148. The summed E-state index contributed by atoms with van der Waals surface area (Å²) in [5, 5.41) is 15.7. The summed E-state index contributed by atoms with van der Waals surface area (Å²) in [6, 6.07) is 0.203. The monoisotopic (exact) mass is 323 g/mol. The Morgan fingerprint density at radius 1 is 1.50 bits per heavy atom. The fraction of sp³-hybridized carbons (Fsp3) is 0.375. The Labute approximate surface area is 118 Å². The number of hydrogen-bond acceptors (Lipinski definition) is 7. The van der Waals surface area contributed by atoms with Crippen LogP contribution < -0.4 is 21.1 Å². The summed E-state index contributed by atoms with van der Waals surface area (Å²) in [7, 11) is -2.41. The molecule has 0 unspecified atom stereocenters. The second-order valence-corrected chi connectivity index (χ2v) is 6.52. The summed E-state index contributed by atoms with van der Waals surface area (Å²) in [4.78, 5) is 20.5. The minimum Gasteiger partial charge on any atom is -0.374 e. The Balaban J connectivity index is 2.82. The van der Waals surface area contributed by atoms with Crippen LogP contribution in [-0.2, 0) is 10.0 Å². The summed E-state index contributed by atoms with van der Waals surface area (Å²) >= 11 is 0.744. The Morgan fingerprint density at radius 3 is 2.60 bits per heavy atom. The van der Waals surface area contributed by atoms with Crippen molar-refractivity contribution < 1.29 is 18.1 Å². The quantitative estimate of drug-likeness (QED) is 0.305. The number of anilines is 1. The molecule has 1 rings (SSSR count). The van der Waals surface area contributed by atoms with Gasteiger partial charge in [0.2, 0.25) is 10.0 Å². The van der Waals surface area contributed by atoms with Crippen molar-refractivity contribution in [2.24, 2.45) is 5.73 Å². The van der Waals surface area contributed by atoms with Crippen LogP contribution in [0.5, 0.6) is 0 Å². The first-order valence-corrected chi connectivity index (χ1v) is 7.57. The van der Waals surface area contributed by atoms with Gasteiger partial charge in [-0.25, -0.2) is 17.9 Å². The third-order valence-electron chi connectivity index (χ3n) is 2.09. The zero-order chi connectivity index (χ0) is 15.3. The number of hydrogen-bond donors (Lipinski definition) is 4. The van der Waals surface area contributed by atoms with Crippen LogP contribution in [0.2, 0.25) is 0 Å². The largest absolute Gasteiger partial charge is 0.374 e. The second kappa shape index (κ2) is 6.49. The molecule has 0 aliphatic heterocycles.